The van der Waals surface area contributed by atoms with E-state index in [1.54, 1.807) is 11.8 Å². The summed E-state index contributed by atoms with van der Waals surface area (Å²) in [5.41, 5.74) is 0.00703. The number of aryl methyl sites for hydroxylation is 1. The van der Waals surface area contributed by atoms with E-state index in [1.165, 1.54) is 10.0 Å². The quantitative estimate of drug-likeness (QED) is 0.503. The van der Waals surface area contributed by atoms with Crippen LogP contribution in [0.1, 0.15) is 52.2 Å². The third kappa shape index (κ3) is 3.40. The summed E-state index contributed by atoms with van der Waals surface area (Å²) >= 11 is 0. The van der Waals surface area contributed by atoms with Gasteiger partial charge in [0.25, 0.3) is 11.5 Å². The van der Waals surface area contributed by atoms with Gasteiger partial charge in [-0.1, -0.05) is 0 Å². The minimum absolute atomic E-state index is 0.0723. The zero-order valence-electron chi connectivity index (χ0n) is 15.8. The van der Waals surface area contributed by atoms with Gasteiger partial charge < -0.3 is 14.1 Å². The number of carbonyl (C=O) groups excluding carboxylic acids is 2. The first-order valence-corrected chi connectivity index (χ1v) is 9.24. The molecule has 154 valence electrons. The van der Waals surface area contributed by atoms with Crippen molar-refractivity contribution in [1.29, 1.82) is 0 Å². The number of hydroxylamine groups is 1. The molecule has 1 spiro atoms. The summed E-state index contributed by atoms with van der Waals surface area (Å²) in [5, 5.41) is 16.3. The van der Waals surface area contributed by atoms with Crippen LogP contribution < -0.4 is 11.0 Å². The van der Waals surface area contributed by atoms with Crippen LogP contribution in [-0.2, 0) is 16.9 Å². The normalized spacial score (nSPS) is 18.2. The topological polar surface area (TPSA) is 153 Å². The number of carbonyl (C=O) groups is 2. The van der Waals surface area contributed by atoms with Crippen LogP contribution >= 0.6 is 0 Å². The highest BCUT2D eigenvalue weighted by atomic mass is 16.5. The lowest BCUT2D eigenvalue weighted by Gasteiger charge is -2.40. The first-order chi connectivity index (χ1) is 13.9. The van der Waals surface area contributed by atoms with Crippen LogP contribution in [0.3, 0.4) is 0 Å². The van der Waals surface area contributed by atoms with E-state index in [9.17, 15) is 14.4 Å². The molecule has 0 aromatic carbocycles. The molecule has 0 unspecified atom stereocenters. The molecule has 29 heavy (non-hydrogen) atoms. The van der Waals surface area contributed by atoms with Gasteiger partial charge >= 0.3 is 11.8 Å². The van der Waals surface area contributed by atoms with E-state index in [0.29, 0.717) is 57.2 Å². The van der Waals surface area contributed by atoms with Gasteiger partial charge in [0.1, 0.15) is 17.1 Å². The molecule has 1 saturated heterocycles. The third-order valence-corrected chi connectivity index (χ3v) is 5.22. The number of nitrogens with one attached hydrogen (secondary N) is 1. The minimum atomic E-state index is -0.914. The van der Waals surface area contributed by atoms with Crippen LogP contribution in [0.2, 0.25) is 0 Å². The van der Waals surface area contributed by atoms with Crippen molar-refractivity contribution in [2.45, 2.75) is 38.3 Å². The predicted octanol–water partition coefficient (Wildman–Crippen LogP) is -0.394. The smallest absolute Gasteiger partial charge is 0.311 e. The number of likely N-dealkylation sites (tertiary alicyclic amines) is 1. The average Bonchev–Trinajstić information content (AvgIpc) is 3.09. The van der Waals surface area contributed by atoms with Gasteiger partial charge in [-0.15, -0.1) is 10.2 Å². The van der Waals surface area contributed by atoms with Gasteiger partial charge in [-0.05, 0) is 6.42 Å². The van der Waals surface area contributed by atoms with Crippen LogP contribution in [0.4, 0.5) is 0 Å². The van der Waals surface area contributed by atoms with Crippen LogP contribution in [0.25, 0.3) is 0 Å². The van der Waals surface area contributed by atoms with Gasteiger partial charge in [0.05, 0.1) is 0 Å². The number of rotatable bonds is 2. The fraction of sp³-hybridized carbons (Fsp3) is 0.529. The molecule has 2 aromatic rings. The molecule has 0 aliphatic carbocycles. The average molecular weight is 404 g/mol. The molecule has 0 saturated carbocycles. The van der Waals surface area contributed by atoms with Crippen molar-refractivity contribution in [1.82, 2.24) is 30.1 Å². The molecule has 2 aromatic heterocycles. The largest absolute Gasteiger partial charge is 0.417 e. The van der Waals surface area contributed by atoms with Crippen molar-refractivity contribution < 1.29 is 24.0 Å². The van der Waals surface area contributed by atoms with Gasteiger partial charge in [0, 0.05) is 52.1 Å². The van der Waals surface area contributed by atoms with E-state index in [0.717, 1.165) is 6.07 Å². The molecule has 4 heterocycles. The summed E-state index contributed by atoms with van der Waals surface area (Å²) < 4.78 is 12.8. The molecular formula is C17H20N6O6. The molecule has 2 aliphatic heterocycles. The van der Waals surface area contributed by atoms with Crippen molar-refractivity contribution in [3.8, 4) is 0 Å². The van der Waals surface area contributed by atoms with Crippen molar-refractivity contribution in [2.75, 3.05) is 19.7 Å². The number of aromatic nitrogens is 4. The number of amides is 2. The van der Waals surface area contributed by atoms with E-state index < -0.39 is 17.1 Å². The molecule has 0 radical (unpaired) electrons. The number of hydrogen-bond donors (Lipinski definition) is 2. The van der Waals surface area contributed by atoms with E-state index in [2.05, 4.69) is 15.2 Å². The zero-order chi connectivity index (χ0) is 20.6. The standard InChI is InChI=1S/C17H20N6O6/c1-10-19-20-14(29-10)15(26)22-6-3-17(4-7-22)16-18-11(13(25)21-27)9-12(24)23(16)5-2-8-28-17/h9,27H,2-8H2,1H3,(H,21,25). The highest BCUT2D eigenvalue weighted by molar-refractivity contribution is 5.91. The van der Waals surface area contributed by atoms with Crippen molar-refractivity contribution in [2.24, 2.45) is 0 Å². The summed E-state index contributed by atoms with van der Waals surface area (Å²) in [6.45, 7) is 3.09. The van der Waals surface area contributed by atoms with E-state index in [-0.39, 0.29) is 17.5 Å². The Kier molecular flexibility index (Phi) is 4.88. The summed E-state index contributed by atoms with van der Waals surface area (Å²) in [4.78, 5) is 42.9. The Morgan fingerprint density at radius 2 is 2.00 bits per heavy atom. The molecule has 1 fully saturated rings. The maximum Gasteiger partial charge on any atom is 0.311 e. The van der Waals surface area contributed by atoms with Gasteiger partial charge in [-0.25, -0.2) is 10.5 Å². The van der Waals surface area contributed by atoms with Crippen molar-refractivity contribution >= 4 is 11.8 Å². The summed E-state index contributed by atoms with van der Waals surface area (Å²) in [6, 6.07) is 1.09. The van der Waals surface area contributed by atoms with Crippen LogP contribution in [0.15, 0.2) is 15.3 Å². The fourth-order valence-electron chi connectivity index (χ4n) is 3.76. The van der Waals surface area contributed by atoms with E-state index in [1.807, 2.05) is 0 Å². The molecule has 0 bridgehead atoms. The monoisotopic (exact) mass is 404 g/mol. The Bertz CT molecular complexity index is 1010. The number of nitrogens with zero attached hydrogens (tertiary/aromatic N) is 5. The third-order valence-electron chi connectivity index (χ3n) is 5.22. The van der Waals surface area contributed by atoms with Gasteiger partial charge in [0.15, 0.2) is 0 Å². The Morgan fingerprint density at radius 3 is 2.66 bits per heavy atom. The van der Waals surface area contributed by atoms with Gasteiger partial charge in [0.2, 0.25) is 5.89 Å². The molecule has 12 nitrogen and oxygen atoms in total. The predicted molar refractivity (Wildman–Crippen MR) is 94.2 cm³/mol. The highest BCUT2D eigenvalue weighted by Crippen LogP contribution is 2.37. The lowest BCUT2D eigenvalue weighted by Crippen LogP contribution is -2.48. The van der Waals surface area contributed by atoms with Crippen LogP contribution in [0, 0.1) is 6.92 Å². The maximum absolute atomic E-state index is 12.6. The highest BCUT2D eigenvalue weighted by Gasteiger charge is 2.44. The first-order valence-electron chi connectivity index (χ1n) is 9.24. The van der Waals surface area contributed by atoms with Gasteiger partial charge in [-0.2, -0.15) is 0 Å². The van der Waals surface area contributed by atoms with E-state index in [4.69, 9.17) is 14.4 Å². The van der Waals surface area contributed by atoms with Crippen LogP contribution in [-0.4, -0.2) is 61.4 Å². The maximum atomic E-state index is 12.6. The number of piperidine rings is 1. The van der Waals surface area contributed by atoms with Crippen LogP contribution in [0.5, 0.6) is 0 Å². The lowest BCUT2D eigenvalue weighted by atomic mass is 9.89. The second-order valence-corrected chi connectivity index (χ2v) is 7.01. The number of ether oxygens (including phenoxy) is 1. The second kappa shape index (κ2) is 7.37. The first kappa shape index (κ1) is 19.2. The Balaban J connectivity index is 1.64. The van der Waals surface area contributed by atoms with Crippen molar-refractivity contribution in [3.63, 3.8) is 0 Å². The molecule has 2 amide bonds. The minimum Gasteiger partial charge on any atom is -0.417 e. The molecule has 4 rings (SSSR count). The summed E-state index contributed by atoms with van der Waals surface area (Å²) in [6.07, 6.45) is 1.37. The Labute approximate surface area is 164 Å². The molecule has 2 N–H and O–H groups in total. The SMILES string of the molecule is Cc1nnc(C(=O)N2CCC3(CC2)OCCCn2c3nc(C(=O)NO)cc2=O)o1. The fourth-order valence-corrected chi connectivity index (χ4v) is 3.76. The molecule has 0 atom stereocenters. The summed E-state index contributed by atoms with van der Waals surface area (Å²) in [7, 11) is 0. The summed E-state index contributed by atoms with van der Waals surface area (Å²) in [5.74, 6) is -0.669. The number of hydrogen-bond acceptors (Lipinski definition) is 9. The number of fused-ring (bicyclic) bond motifs is 2. The van der Waals surface area contributed by atoms with E-state index >= 15 is 0 Å². The van der Waals surface area contributed by atoms with Gasteiger partial charge in [-0.3, -0.25) is 24.2 Å². The molecule has 2 aliphatic rings. The molecular weight excluding hydrogens is 384 g/mol. The Morgan fingerprint density at radius 1 is 1.24 bits per heavy atom. The second-order valence-electron chi connectivity index (χ2n) is 7.01. The molecule has 12 heteroatoms. The van der Waals surface area contributed by atoms with Crippen molar-refractivity contribution in [3.05, 3.63) is 39.7 Å². The zero-order valence-corrected chi connectivity index (χ0v) is 15.8. The Hall–Kier alpha value is -3.12. The lowest BCUT2D eigenvalue weighted by molar-refractivity contribution is -0.0874.